The molecule has 1 saturated heterocycles. The van der Waals surface area contributed by atoms with Crippen LogP contribution in [0.3, 0.4) is 0 Å². The maximum Gasteiger partial charge on any atom is 0.410 e. The van der Waals surface area contributed by atoms with Crippen molar-refractivity contribution in [2.24, 2.45) is 0 Å². The van der Waals surface area contributed by atoms with Crippen LogP contribution in [0.1, 0.15) is 57.8 Å². The van der Waals surface area contributed by atoms with E-state index in [0.717, 1.165) is 0 Å². The van der Waals surface area contributed by atoms with Crippen LogP contribution in [-0.2, 0) is 4.74 Å². The van der Waals surface area contributed by atoms with Crippen LogP contribution in [0, 0.1) is 5.82 Å². The molecule has 1 aromatic rings. The highest BCUT2D eigenvalue weighted by atomic mass is 35.5. The van der Waals surface area contributed by atoms with E-state index in [1.165, 1.54) is 11.0 Å². The number of amides is 1. The number of halogens is 2. The smallest absolute Gasteiger partial charge is 0.410 e. The summed E-state index contributed by atoms with van der Waals surface area (Å²) in [4.78, 5) is 13.6. The lowest BCUT2D eigenvalue weighted by Gasteiger charge is -2.40. The van der Waals surface area contributed by atoms with E-state index in [0.29, 0.717) is 36.6 Å². The number of aliphatic hydroxyl groups is 1. The van der Waals surface area contributed by atoms with Gasteiger partial charge in [-0.3, -0.25) is 0 Å². The molecular weight excluding hydrogens is 349 g/mol. The molecule has 140 valence electrons. The lowest BCUT2D eigenvalue weighted by molar-refractivity contribution is 0.00760. The second-order valence-corrected chi connectivity index (χ2v) is 7.60. The molecule has 25 heavy (non-hydrogen) atoms. The Kier molecular flexibility index (Phi) is 5.84. The molecule has 0 aromatic heterocycles. The number of benzene rings is 1. The summed E-state index contributed by atoms with van der Waals surface area (Å²) in [6.07, 6.45) is -1.28. The SMILES string of the molecule is CCOc1c(C(C)O)cc(Cl)c(F)c1C1CN(C(=O)OC(C)(C)C)C1. The van der Waals surface area contributed by atoms with Crippen LogP contribution in [0.25, 0.3) is 0 Å². The van der Waals surface area contributed by atoms with Gasteiger partial charge in [0.2, 0.25) is 0 Å². The van der Waals surface area contributed by atoms with Gasteiger partial charge in [0.25, 0.3) is 0 Å². The van der Waals surface area contributed by atoms with Gasteiger partial charge in [0.1, 0.15) is 17.2 Å². The molecule has 0 saturated carbocycles. The number of hydrogen-bond donors (Lipinski definition) is 1. The van der Waals surface area contributed by atoms with Crippen molar-refractivity contribution in [2.45, 2.75) is 52.2 Å². The topological polar surface area (TPSA) is 59.0 Å². The number of nitrogens with zero attached hydrogens (tertiary/aromatic N) is 1. The molecule has 0 radical (unpaired) electrons. The van der Waals surface area contributed by atoms with E-state index in [9.17, 15) is 14.3 Å². The van der Waals surface area contributed by atoms with Crippen molar-refractivity contribution < 1.29 is 23.8 Å². The van der Waals surface area contributed by atoms with Crippen LogP contribution in [0.5, 0.6) is 5.75 Å². The molecule has 1 atom stereocenters. The Hall–Kier alpha value is -1.53. The zero-order chi connectivity index (χ0) is 18.9. The third-order valence-corrected chi connectivity index (χ3v) is 4.19. The molecular formula is C18H25ClFNO4. The Morgan fingerprint density at radius 3 is 2.56 bits per heavy atom. The lowest BCUT2D eigenvalue weighted by atomic mass is 9.88. The van der Waals surface area contributed by atoms with E-state index in [-0.39, 0.29) is 10.9 Å². The van der Waals surface area contributed by atoms with E-state index < -0.39 is 23.6 Å². The molecule has 1 heterocycles. The second kappa shape index (κ2) is 7.38. The average Bonchev–Trinajstić information content (AvgIpc) is 2.41. The van der Waals surface area contributed by atoms with E-state index in [4.69, 9.17) is 21.1 Å². The molecule has 1 aliphatic rings. The summed E-state index contributed by atoms with van der Waals surface area (Å²) < 4.78 is 25.6. The molecule has 1 aromatic carbocycles. The van der Waals surface area contributed by atoms with Crippen molar-refractivity contribution in [1.29, 1.82) is 0 Å². The van der Waals surface area contributed by atoms with Crippen LogP contribution in [0.15, 0.2) is 6.07 Å². The minimum atomic E-state index is -0.847. The van der Waals surface area contributed by atoms with Crippen LogP contribution in [0.4, 0.5) is 9.18 Å². The van der Waals surface area contributed by atoms with Crippen molar-refractivity contribution >= 4 is 17.7 Å². The van der Waals surface area contributed by atoms with Crippen LogP contribution < -0.4 is 4.74 Å². The molecule has 0 bridgehead atoms. The summed E-state index contributed by atoms with van der Waals surface area (Å²) >= 11 is 6.00. The Labute approximate surface area is 152 Å². The van der Waals surface area contributed by atoms with Crippen molar-refractivity contribution in [2.75, 3.05) is 19.7 Å². The van der Waals surface area contributed by atoms with Gasteiger partial charge < -0.3 is 19.5 Å². The highest BCUT2D eigenvalue weighted by Crippen LogP contribution is 2.42. The summed E-state index contributed by atoms with van der Waals surface area (Å²) in [5.41, 5.74) is 0.170. The summed E-state index contributed by atoms with van der Waals surface area (Å²) in [5.74, 6) is -0.512. The van der Waals surface area contributed by atoms with Gasteiger partial charge in [-0.25, -0.2) is 9.18 Å². The Bertz CT molecular complexity index is 651. The van der Waals surface area contributed by atoms with Crippen molar-refractivity contribution in [3.8, 4) is 5.75 Å². The molecule has 1 amide bonds. The first-order valence-corrected chi connectivity index (χ1v) is 8.73. The normalized spacial score (nSPS) is 16.4. The second-order valence-electron chi connectivity index (χ2n) is 7.20. The number of likely N-dealkylation sites (tertiary alicyclic amines) is 1. The Morgan fingerprint density at radius 2 is 2.08 bits per heavy atom. The van der Waals surface area contributed by atoms with Crippen LogP contribution in [-0.4, -0.2) is 41.4 Å². The molecule has 7 heteroatoms. The lowest BCUT2D eigenvalue weighted by Crippen LogP contribution is -2.50. The zero-order valence-corrected chi connectivity index (χ0v) is 16.0. The summed E-state index contributed by atoms with van der Waals surface area (Å²) in [5, 5.41) is 9.90. The van der Waals surface area contributed by atoms with Gasteiger partial charge in [-0.2, -0.15) is 0 Å². The standard InChI is InChI=1S/C18H25ClFNO4/c1-6-24-16-12(10(2)22)7-13(19)15(20)14(16)11-8-21(9-11)17(23)25-18(3,4)5/h7,10-11,22H,6,8-9H2,1-5H3. The zero-order valence-electron chi connectivity index (χ0n) is 15.2. The molecule has 1 unspecified atom stereocenters. The first-order valence-electron chi connectivity index (χ1n) is 8.35. The molecule has 1 fully saturated rings. The third-order valence-electron chi connectivity index (χ3n) is 3.92. The van der Waals surface area contributed by atoms with Gasteiger partial charge in [-0.15, -0.1) is 0 Å². The van der Waals surface area contributed by atoms with Gasteiger partial charge in [0.05, 0.1) is 17.7 Å². The number of rotatable bonds is 4. The van der Waals surface area contributed by atoms with E-state index in [1.54, 1.807) is 34.6 Å². The Morgan fingerprint density at radius 1 is 1.48 bits per heavy atom. The minimum absolute atomic E-state index is 0.0647. The first kappa shape index (κ1) is 19.8. The predicted octanol–water partition coefficient (Wildman–Crippen LogP) is 4.27. The van der Waals surface area contributed by atoms with E-state index in [2.05, 4.69) is 0 Å². The highest BCUT2D eigenvalue weighted by molar-refractivity contribution is 6.31. The monoisotopic (exact) mass is 373 g/mol. The average molecular weight is 374 g/mol. The largest absolute Gasteiger partial charge is 0.493 e. The molecule has 1 N–H and O–H groups in total. The van der Waals surface area contributed by atoms with E-state index in [1.807, 2.05) is 0 Å². The van der Waals surface area contributed by atoms with Crippen molar-refractivity contribution in [1.82, 2.24) is 4.90 Å². The number of carbonyl (C=O) groups excluding carboxylic acids is 1. The number of hydrogen-bond acceptors (Lipinski definition) is 4. The predicted molar refractivity (Wildman–Crippen MR) is 93.8 cm³/mol. The van der Waals surface area contributed by atoms with Crippen molar-refractivity contribution in [3.63, 3.8) is 0 Å². The van der Waals surface area contributed by atoms with Gasteiger partial charge in [0.15, 0.2) is 0 Å². The minimum Gasteiger partial charge on any atom is -0.493 e. The summed E-state index contributed by atoms with van der Waals surface area (Å²) in [6, 6.07) is 1.39. The van der Waals surface area contributed by atoms with Gasteiger partial charge in [-0.1, -0.05) is 11.6 Å². The highest BCUT2D eigenvalue weighted by Gasteiger charge is 2.39. The molecule has 5 nitrogen and oxygen atoms in total. The molecule has 2 rings (SSSR count). The quantitative estimate of drug-likeness (QED) is 0.856. The van der Waals surface area contributed by atoms with Gasteiger partial charge >= 0.3 is 6.09 Å². The molecule has 0 aliphatic carbocycles. The Balaban J connectivity index is 2.27. The first-order chi connectivity index (χ1) is 11.5. The number of ether oxygens (including phenoxy) is 2. The van der Waals surface area contributed by atoms with Gasteiger partial charge in [-0.05, 0) is 40.7 Å². The van der Waals surface area contributed by atoms with Crippen LogP contribution >= 0.6 is 11.6 Å². The fourth-order valence-electron chi connectivity index (χ4n) is 2.77. The fraction of sp³-hybridized carbons (Fsp3) is 0.611. The maximum atomic E-state index is 14.7. The van der Waals surface area contributed by atoms with E-state index >= 15 is 0 Å². The third kappa shape index (κ3) is 4.36. The number of carbonyl (C=O) groups is 1. The molecule has 0 spiro atoms. The van der Waals surface area contributed by atoms with Crippen molar-refractivity contribution in [3.05, 3.63) is 28.0 Å². The number of aliphatic hydroxyl groups excluding tert-OH is 1. The summed E-state index contributed by atoms with van der Waals surface area (Å²) in [7, 11) is 0. The fourth-order valence-corrected chi connectivity index (χ4v) is 2.99. The molecule has 1 aliphatic heterocycles. The van der Waals surface area contributed by atoms with Crippen LogP contribution in [0.2, 0.25) is 5.02 Å². The summed E-state index contributed by atoms with van der Waals surface area (Å²) in [6.45, 7) is 9.69. The van der Waals surface area contributed by atoms with Gasteiger partial charge in [0, 0.05) is 30.1 Å². The maximum absolute atomic E-state index is 14.7.